The Morgan fingerprint density at radius 2 is 1.66 bits per heavy atom. The number of hydrogen-bond donors (Lipinski definition) is 0. The highest BCUT2D eigenvalue weighted by Gasteiger charge is 2.34. The second-order valence-electron chi connectivity index (χ2n) is 6.94. The smallest absolute Gasteiger partial charge is 0.263 e. The van der Waals surface area contributed by atoms with Crippen LogP contribution in [0.1, 0.15) is 27.0 Å². The third kappa shape index (κ3) is 2.84. The number of hydrogen-bond acceptors (Lipinski definition) is 2. The number of nitrogens with zero attached hydrogens (tertiary/aromatic N) is 2. The average molecular weight is 374 g/mol. The van der Waals surface area contributed by atoms with Crippen LogP contribution < -0.4 is 4.90 Å². The fourth-order valence-corrected chi connectivity index (χ4v) is 3.79. The van der Waals surface area contributed by atoms with Crippen LogP contribution in [-0.2, 0) is 0 Å². The van der Waals surface area contributed by atoms with Crippen molar-refractivity contribution < 1.29 is 4.79 Å². The van der Waals surface area contributed by atoms with Gasteiger partial charge in [-0.15, -0.1) is 0 Å². The van der Waals surface area contributed by atoms with E-state index in [1.54, 1.807) is 17.2 Å². The van der Waals surface area contributed by atoms with Gasteiger partial charge in [0.15, 0.2) is 0 Å². The molecule has 4 aromatic rings. The van der Waals surface area contributed by atoms with Crippen LogP contribution in [0.15, 0.2) is 91.6 Å². The zero-order valence-corrected chi connectivity index (χ0v) is 15.7. The number of pyridine rings is 1. The predicted molar refractivity (Wildman–Crippen MR) is 119 cm³/mol. The molecule has 0 bridgehead atoms. The second-order valence-corrected chi connectivity index (χ2v) is 6.94. The molecule has 3 nitrogen and oxygen atoms in total. The van der Waals surface area contributed by atoms with E-state index in [2.05, 4.69) is 17.6 Å². The summed E-state index contributed by atoms with van der Waals surface area (Å²) in [6.07, 6.45) is 5.61. The maximum absolute atomic E-state index is 13.5. The molecule has 138 valence electrons. The van der Waals surface area contributed by atoms with Gasteiger partial charge in [0.1, 0.15) is 0 Å². The Balaban J connectivity index is 1.78. The van der Waals surface area contributed by atoms with E-state index in [0.717, 1.165) is 39.0 Å². The molecule has 0 atom stereocenters. The third-order valence-electron chi connectivity index (χ3n) is 5.18. The second kappa shape index (κ2) is 6.88. The molecular weight excluding hydrogens is 356 g/mol. The molecular formula is C26H18N2O. The number of benzene rings is 3. The molecule has 5 rings (SSSR count). The molecule has 1 aromatic heterocycles. The Bertz CT molecular complexity index is 1280. The normalized spacial score (nSPS) is 14.4. The highest BCUT2D eigenvalue weighted by molar-refractivity contribution is 6.26. The van der Waals surface area contributed by atoms with Crippen molar-refractivity contribution >= 4 is 40.3 Å². The third-order valence-corrected chi connectivity index (χ3v) is 5.18. The van der Waals surface area contributed by atoms with Crippen LogP contribution in [0.4, 0.5) is 5.69 Å². The Hall–Kier alpha value is -3.98. The van der Waals surface area contributed by atoms with Crippen LogP contribution in [0, 0.1) is 0 Å². The number of carbonyl (C=O) groups is 1. The highest BCUT2D eigenvalue weighted by atomic mass is 16.2. The maximum Gasteiger partial charge on any atom is 0.263 e. The lowest BCUT2D eigenvalue weighted by Crippen LogP contribution is -2.22. The first kappa shape index (κ1) is 17.1. The van der Waals surface area contributed by atoms with Gasteiger partial charge in [0.25, 0.3) is 5.91 Å². The van der Waals surface area contributed by atoms with E-state index in [4.69, 9.17) is 0 Å². The molecule has 3 aromatic carbocycles. The maximum atomic E-state index is 13.5. The van der Waals surface area contributed by atoms with Crippen LogP contribution in [0.25, 0.3) is 28.8 Å². The van der Waals surface area contributed by atoms with Gasteiger partial charge in [-0.1, -0.05) is 67.3 Å². The molecule has 0 saturated heterocycles. The average Bonchev–Trinajstić information content (AvgIpc) is 3.05. The first-order chi connectivity index (χ1) is 14.3. The molecule has 0 fully saturated rings. The summed E-state index contributed by atoms with van der Waals surface area (Å²) in [6, 6.07) is 25.7. The molecule has 0 radical (unpaired) electrons. The summed E-state index contributed by atoms with van der Waals surface area (Å²) in [5.41, 5.74) is 6.04. The van der Waals surface area contributed by atoms with Crippen molar-refractivity contribution in [3.8, 4) is 0 Å². The van der Waals surface area contributed by atoms with Gasteiger partial charge in [0.05, 0.1) is 16.9 Å². The number of fused-ring (bicyclic) bond motifs is 2. The van der Waals surface area contributed by atoms with Crippen molar-refractivity contribution in [2.75, 3.05) is 4.90 Å². The van der Waals surface area contributed by atoms with Crippen molar-refractivity contribution in [3.05, 3.63) is 114 Å². The van der Waals surface area contributed by atoms with Gasteiger partial charge in [-0.2, -0.15) is 0 Å². The fourth-order valence-electron chi connectivity index (χ4n) is 3.79. The number of rotatable bonds is 3. The lowest BCUT2D eigenvalue weighted by Gasteiger charge is -2.20. The van der Waals surface area contributed by atoms with Crippen molar-refractivity contribution in [1.29, 1.82) is 0 Å². The zero-order valence-electron chi connectivity index (χ0n) is 15.7. The molecule has 3 heteroatoms. The number of aromatic nitrogens is 1. The zero-order chi connectivity index (χ0) is 19.8. The first-order valence-corrected chi connectivity index (χ1v) is 9.48. The van der Waals surface area contributed by atoms with E-state index < -0.39 is 0 Å². The fraction of sp³-hybridized carbons (Fsp3) is 0. The molecule has 29 heavy (non-hydrogen) atoms. The van der Waals surface area contributed by atoms with Crippen LogP contribution in [0.2, 0.25) is 0 Å². The minimum Gasteiger partial charge on any atom is -0.274 e. The van der Waals surface area contributed by atoms with E-state index in [1.165, 1.54) is 0 Å². The first-order valence-electron chi connectivity index (χ1n) is 9.48. The summed E-state index contributed by atoms with van der Waals surface area (Å²) in [4.78, 5) is 19.8. The Kier molecular flexibility index (Phi) is 4.07. The summed E-state index contributed by atoms with van der Waals surface area (Å²) < 4.78 is 0. The van der Waals surface area contributed by atoms with Gasteiger partial charge in [-0.3, -0.25) is 14.7 Å². The van der Waals surface area contributed by atoms with E-state index in [1.807, 2.05) is 78.9 Å². The van der Waals surface area contributed by atoms with Gasteiger partial charge in [0.2, 0.25) is 0 Å². The van der Waals surface area contributed by atoms with Crippen LogP contribution in [0.3, 0.4) is 0 Å². The highest BCUT2D eigenvalue weighted by Crippen LogP contribution is 2.40. The van der Waals surface area contributed by atoms with Crippen LogP contribution in [0.5, 0.6) is 0 Å². The van der Waals surface area contributed by atoms with Crippen LogP contribution >= 0.6 is 0 Å². The number of anilines is 1. The van der Waals surface area contributed by atoms with Crippen molar-refractivity contribution in [1.82, 2.24) is 4.98 Å². The number of carbonyl (C=O) groups excluding carboxylic acids is 1. The number of para-hydroxylation sites is 1. The van der Waals surface area contributed by atoms with Crippen LogP contribution in [-0.4, -0.2) is 10.9 Å². The quantitative estimate of drug-likeness (QED) is 0.438. The van der Waals surface area contributed by atoms with Crippen molar-refractivity contribution in [2.24, 2.45) is 0 Å². The van der Waals surface area contributed by atoms with E-state index >= 15 is 0 Å². The van der Waals surface area contributed by atoms with Crippen molar-refractivity contribution in [3.63, 3.8) is 0 Å². The topological polar surface area (TPSA) is 33.2 Å². The SMILES string of the molecule is C=Cc1ccc2c(c1)/C(=C\c1ccccc1)N(c1cccc3cccnc13)C2=O. The summed E-state index contributed by atoms with van der Waals surface area (Å²) in [5.74, 6) is -0.0454. The molecule has 0 aliphatic carbocycles. The van der Waals surface area contributed by atoms with E-state index in [-0.39, 0.29) is 5.91 Å². The molecule has 0 saturated carbocycles. The Labute approximate surface area is 169 Å². The monoisotopic (exact) mass is 374 g/mol. The van der Waals surface area contributed by atoms with Gasteiger partial charge >= 0.3 is 0 Å². The summed E-state index contributed by atoms with van der Waals surface area (Å²) in [6.45, 7) is 3.87. The summed E-state index contributed by atoms with van der Waals surface area (Å²) >= 11 is 0. The molecule has 1 aliphatic heterocycles. The van der Waals surface area contributed by atoms with Gasteiger partial charge in [-0.05, 0) is 41.5 Å². The standard InChI is InChI=1S/C26H18N2O/c1-2-18-13-14-21-22(16-18)24(17-19-8-4-3-5-9-19)28(26(21)29)23-12-6-10-20-11-7-15-27-25(20)23/h2-17H,1H2/b24-17+. The summed E-state index contributed by atoms with van der Waals surface area (Å²) in [7, 11) is 0. The van der Waals surface area contributed by atoms with E-state index in [9.17, 15) is 4.79 Å². The van der Waals surface area contributed by atoms with Gasteiger partial charge in [0, 0.05) is 22.7 Å². The Morgan fingerprint density at radius 1 is 0.828 bits per heavy atom. The molecule has 0 N–H and O–H groups in total. The summed E-state index contributed by atoms with van der Waals surface area (Å²) in [5, 5.41) is 1.000. The molecule has 2 heterocycles. The molecule has 1 aliphatic rings. The minimum atomic E-state index is -0.0454. The molecule has 0 unspecified atom stereocenters. The Morgan fingerprint density at radius 3 is 2.48 bits per heavy atom. The molecule has 1 amide bonds. The predicted octanol–water partition coefficient (Wildman–Crippen LogP) is 6.04. The van der Waals surface area contributed by atoms with E-state index in [0.29, 0.717) is 5.56 Å². The van der Waals surface area contributed by atoms with Gasteiger partial charge < -0.3 is 0 Å². The number of amides is 1. The lowest BCUT2D eigenvalue weighted by atomic mass is 10.0. The largest absolute Gasteiger partial charge is 0.274 e. The van der Waals surface area contributed by atoms with Crippen molar-refractivity contribution in [2.45, 2.75) is 0 Å². The van der Waals surface area contributed by atoms with Gasteiger partial charge in [-0.25, -0.2) is 0 Å². The minimum absolute atomic E-state index is 0.0454. The molecule has 0 spiro atoms. The lowest BCUT2D eigenvalue weighted by molar-refractivity contribution is 0.101.